The van der Waals surface area contributed by atoms with Crippen LogP contribution in [-0.2, 0) is 11.3 Å². The van der Waals surface area contributed by atoms with Gasteiger partial charge in [0.2, 0.25) is 5.91 Å². The molecule has 1 N–H and O–H groups in total. The molecule has 2 aromatic carbocycles. The number of benzene rings is 2. The van der Waals surface area contributed by atoms with E-state index in [4.69, 9.17) is 14.2 Å². The van der Waals surface area contributed by atoms with E-state index in [2.05, 4.69) is 5.32 Å². The number of ether oxygens (including phenoxy) is 3. The Morgan fingerprint density at radius 2 is 1.56 bits per heavy atom. The number of carbonyl (C=O) groups excluding carboxylic acids is 1. The summed E-state index contributed by atoms with van der Waals surface area (Å²) in [7, 11) is 0. The molecule has 2 rings (SSSR count). The fourth-order valence-electron chi connectivity index (χ4n) is 2.53. The lowest BCUT2D eigenvalue weighted by molar-refractivity contribution is -0.116. The summed E-state index contributed by atoms with van der Waals surface area (Å²) in [5.74, 6) is 1.99. The highest BCUT2D eigenvalue weighted by molar-refractivity contribution is 5.91. The van der Waals surface area contributed by atoms with Crippen LogP contribution in [0.2, 0.25) is 0 Å². The molecule has 5 nitrogen and oxygen atoms in total. The summed E-state index contributed by atoms with van der Waals surface area (Å²) in [5.41, 5.74) is 1.81. The summed E-state index contributed by atoms with van der Waals surface area (Å²) < 4.78 is 16.7. The summed E-state index contributed by atoms with van der Waals surface area (Å²) in [4.78, 5) is 12.1. The Morgan fingerprint density at radius 1 is 0.889 bits per heavy atom. The van der Waals surface area contributed by atoms with Gasteiger partial charge in [-0.1, -0.05) is 24.3 Å². The van der Waals surface area contributed by atoms with Crippen molar-refractivity contribution in [1.29, 1.82) is 0 Å². The molecule has 144 valence electrons. The van der Waals surface area contributed by atoms with Gasteiger partial charge in [-0.2, -0.15) is 0 Å². The zero-order valence-corrected chi connectivity index (χ0v) is 16.2. The van der Waals surface area contributed by atoms with E-state index in [0.29, 0.717) is 37.9 Å². The lowest BCUT2D eigenvalue weighted by atomic mass is 10.1. The van der Waals surface area contributed by atoms with Crippen molar-refractivity contribution in [1.82, 2.24) is 5.32 Å². The van der Waals surface area contributed by atoms with Crippen molar-refractivity contribution in [2.75, 3.05) is 19.8 Å². The largest absolute Gasteiger partial charge is 0.494 e. The quantitative estimate of drug-likeness (QED) is 0.637. The van der Waals surface area contributed by atoms with Crippen LogP contribution in [-0.4, -0.2) is 25.7 Å². The first kappa shape index (κ1) is 20.4. The first-order valence-electron chi connectivity index (χ1n) is 9.24. The molecule has 2 aromatic rings. The highest BCUT2D eigenvalue weighted by Crippen LogP contribution is 2.29. The molecule has 0 atom stereocenters. The van der Waals surface area contributed by atoms with Crippen molar-refractivity contribution >= 4 is 12.0 Å². The lowest BCUT2D eigenvalue weighted by Gasteiger charge is -2.11. The van der Waals surface area contributed by atoms with Gasteiger partial charge in [0.15, 0.2) is 11.5 Å². The maximum Gasteiger partial charge on any atom is 0.244 e. The molecule has 0 saturated carbocycles. The summed E-state index contributed by atoms with van der Waals surface area (Å²) in [5, 5.41) is 2.88. The first-order chi connectivity index (χ1) is 13.2. The molecule has 0 radical (unpaired) electrons. The standard InChI is InChI=1S/C22H27NO4/c1-4-25-19-10-8-7-9-18(19)16-23-22(24)14-12-17-11-13-20(26-5-2)21(15-17)27-6-3/h7-15H,4-6,16H2,1-3H3,(H,23,24)/b14-12+. The van der Waals surface area contributed by atoms with Crippen molar-refractivity contribution in [3.05, 3.63) is 59.7 Å². The fraction of sp³-hybridized carbons (Fsp3) is 0.318. The molecular weight excluding hydrogens is 342 g/mol. The maximum atomic E-state index is 12.1. The van der Waals surface area contributed by atoms with Gasteiger partial charge in [0.05, 0.1) is 19.8 Å². The second kappa shape index (κ2) is 10.9. The van der Waals surface area contributed by atoms with Crippen LogP contribution in [0.5, 0.6) is 17.2 Å². The van der Waals surface area contributed by atoms with Crippen molar-refractivity contribution < 1.29 is 19.0 Å². The molecule has 0 aromatic heterocycles. The van der Waals surface area contributed by atoms with Crippen molar-refractivity contribution in [2.24, 2.45) is 0 Å². The number of carbonyl (C=O) groups is 1. The third-order valence-electron chi connectivity index (χ3n) is 3.72. The van der Waals surface area contributed by atoms with E-state index in [-0.39, 0.29) is 5.91 Å². The van der Waals surface area contributed by atoms with E-state index < -0.39 is 0 Å². The molecule has 0 heterocycles. The summed E-state index contributed by atoms with van der Waals surface area (Å²) in [6.45, 7) is 7.90. The molecular formula is C22H27NO4. The van der Waals surface area contributed by atoms with Gasteiger partial charge in [0, 0.05) is 18.2 Å². The zero-order valence-electron chi connectivity index (χ0n) is 16.2. The number of amides is 1. The second-order valence-electron chi connectivity index (χ2n) is 5.66. The molecule has 1 amide bonds. The molecule has 0 aliphatic heterocycles. The third kappa shape index (κ3) is 6.37. The van der Waals surface area contributed by atoms with E-state index >= 15 is 0 Å². The third-order valence-corrected chi connectivity index (χ3v) is 3.72. The number of hydrogen-bond donors (Lipinski definition) is 1. The van der Waals surface area contributed by atoms with Crippen LogP contribution in [0.4, 0.5) is 0 Å². The Balaban J connectivity index is 1.99. The molecule has 0 saturated heterocycles. The first-order valence-corrected chi connectivity index (χ1v) is 9.24. The van der Waals surface area contributed by atoms with Gasteiger partial charge in [-0.25, -0.2) is 0 Å². The normalized spacial score (nSPS) is 10.6. The van der Waals surface area contributed by atoms with Gasteiger partial charge in [0.25, 0.3) is 0 Å². The van der Waals surface area contributed by atoms with E-state index in [9.17, 15) is 4.79 Å². The summed E-state index contributed by atoms with van der Waals surface area (Å²) >= 11 is 0. The Bertz CT molecular complexity index is 771. The van der Waals surface area contributed by atoms with Gasteiger partial charge in [-0.15, -0.1) is 0 Å². The average Bonchev–Trinajstić information content (AvgIpc) is 2.68. The maximum absolute atomic E-state index is 12.1. The van der Waals surface area contributed by atoms with Gasteiger partial charge < -0.3 is 19.5 Å². The van der Waals surface area contributed by atoms with Crippen LogP contribution in [0.15, 0.2) is 48.5 Å². The Labute approximate surface area is 161 Å². The van der Waals surface area contributed by atoms with Crippen LogP contribution in [0.3, 0.4) is 0 Å². The highest BCUT2D eigenvalue weighted by atomic mass is 16.5. The predicted octanol–water partition coefficient (Wildman–Crippen LogP) is 4.21. The van der Waals surface area contributed by atoms with Gasteiger partial charge >= 0.3 is 0 Å². The van der Waals surface area contributed by atoms with Crippen molar-refractivity contribution in [3.63, 3.8) is 0 Å². The van der Waals surface area contributed by atoms with E-state index in [0.717, 1.165) is 16.9 Å². The Kier molecular flexibility index (Phi) is 8.23. The SMILES string of the molecule is CCOc1ccccc1CNC(=O)/C=C/c1ccc(OCC)c(OCC)c1. The van der Waals surface area contributed by atoms with Crippen LogP contribution >= 0.6 is 0 Å². The minimum absolute atomic E-state index is 0.173. The molecule has 0 fully saturated rings. The number of nitrogens with one attached hydrogen (secondary N) is 1. The van der Waals surface area contributed by atoms with Crippen LogP contribution in [0.25, 0.3) is 6.08 Å². The predicted molar refractivity (Wildman–Crippen MR) is 107 cm³/mol. The lowest BCUT2D eigenvalue weighted by Crippen LogP contribution is -2.20. The molecule has 0 aliphatic carbocycles. The van der Waals surface area contributed by atoms with E-state index in [1.165, 1.54) is 6.08 Å². The van der Waals surface area contributed by atoms with E-state index in [1.807, 2.05) is 63.2 Å². The fourth-order valence-corrected chi connectivity index (χ4v) is 2.53. The minimum atomic E-state index is -0.173. The van der Waals surface area contributed by atoms with Crippen LogP contribution in [0, 0.1) is 0 Å². The van der Waals surface area contributed by atoms with Gasteiger partial charge in [0.1, 0.15) is 5.75 Å². The second-order valence-corrected chi connectivity index (χ2v) is 5.66. The molecule has 0 aliphatic rings. The number of hydrogen-bond acceptors (Lipinski definition) is 4. The van der Waals surface area contributed by atoms with Crippen LogP contribution < -0.4 is 19.5 Å². The Hall–Kier alpha value is -2.95. The molecule has 0 unspecified atom stereocenters. The molecule has 0 bridgehead atoms. The van der Waals surface area contributed by atoms with Crippen LogP contribution in [0.1, 0.15) is 31.9 Å². The summed E-state index contributed by atoms with van der Waals surface area (Å²) in [6.07, 6.45) is 3.26. The summed E-state index contributed by atoms with van der Waals surface area (Å²) in [6, 6.07) is 13.3. The minimum Gasteiger partial charge on any atom is -0.494 e. The molecule has 27 heavy (non-hydrogen) atoms. The van der Waals surface area contributed by atoms with Gasteiger partial charge in [-0.3, -0.25) is 4.79 Å². The van der Waals surface area contributed by atoms with Crippen molar-refractivity contribution in [2.45, 2.75) is 27.3 Å². The monoisotopic (exact) mass is 369 g/mol. The average molecular weight is 369 g/mol. The van der Waals surface area contributed by atoms with E-state index in [1.54, 1.807) is 6.08 Å². The van der Waals surface area contributed by atoms with Gasteiger partial charge in [-0.05, 0) is 50.6 Å². The molecule has 5 heteroatoms. The zero-order chi connectivity index (χ0) is 19.5. The number of rotatable bonds is 10. The van der Waals surface area contributed by atoms with Crippen molar-refractivity contribution in [3.8, 4) is 17.2 Å². The number of para-hydroxylation sites is 1. The molecule has 0 spiro atoms. The highest BCUT2D eigenvalue weighted by Gasteiger charge is 2.06. The Morgan fingerprint density at radius 3 is 2.30 bits per heavy atom. The smallest absolute Gasteiger partial charge is 0.244 e. The topological polar surface area (TPSA) is 56.8 Å².